The zero-order valence-electron chi connectivity index (χ0n) is 10.4. The second kappa shape index (κ2) is 5.39. The van der Waals surface area contributed by atoms with Crippen LogP contribution in [0, 0.1) is 5.92 Å². The van der Waals surface area contributed by atoms with Crippen LogP contribution in [0.5, 0.6) is 0 Å². The number of likely N-dealkylation sites (tertiary alicyclic amines) is 1. The summed E-state index contributed by atoms with van der Waals surface area (Å²) in [6.45, 7) is 3.66. The average molecular weight is 268 g/mol. The van der Waals surface area contributed by atoms with Crippen molar-refractivity contribution in [3.63, 3.8) is 0 Å². The Hall–Kier alpha value is -1.56. The lowest BCUT2D eigenvalue weighted by molar-refractivity contribution is 0.0607. The topological polar surface area (TPSA) is 58.6 Å². The highest BCUT2D eigenvalue weighted by Crippen LogP contribution is 2.24. The van der Waals surface area contributed by atoms with E-state index in [0.29, 0.717) is 16.5 Å². The Labute approximate surface area is 110 Å². The van der Waals surface area contributed by atoms with Crippen LogP contribution >= 0.6 is 11.3 Å². The third-order valence-corrected chi connectivity index (χ3v) is 3.88. The first-order chi connectivity index (χ1) is 8.61. The fraction of sp³-hybridized carbons (Fsp3) is 0.500. The summed E-state index contributed by atoms with van der Waals surface area (Å²) >= 11 is 1.26. The Morgan fingerprint density at radius 3 is 2.94 bits per heavy atom. The van der Waals surface area contributed by atoms with E-state index in [4.69, 9.17) is 0 Å². The van der Waals surface area contributed by atoms with E-state index in [2.05, 4.69) is 17.0 Å². The highest BCUT2D eigenvalue weighted by molar-refractivity contribution is 7.12. The van der Waals surface area contributed by atoms with Crippen molar-refractivity contribution in [3.8, 4) is 0 Å². The molecule has 2 rings (SSSR count). The van der Waals surface area contributed by atoms with Crippen molar-refractivity contribution < 1.29 is 14.3 Å². The first-order valence-corrected chi connectivity index (χ1v) is 6.71. The van der Waals surface area contributed by atoms with Crippen molar-refractivity contribution in [2.24, 2.45) is 5.92 Å². The first-order valence-electron chi connectivity index (χ1n) is 5.83. The third kappa shape index (κ3) is 2.64. The monoisotopic (exact) mass is 268 g/mol. The van der Waals surface area contributed by atoms with Crippen LogP contribution in [0.25, 0.3) is 0 Å². The lowest BCUT2D eigenvalue weighted by atomic mass is 10.2. The van der Waals surface area contributed by atoms with Crippen LogP contribution in [0.3, 0.4) is 0 Å². The molecule has 18 heavy (non-hydrogen) atoms. The number of urea groups is 1. The van der Waals surface area contributed by atoms with E-state index in [9.17, 15) is 9.59 Å². The lowest BCUT2D eigenvalue weighted by Crippen LogP contribution is -2.33. The van der Waals surface area contributed by atoms with Gasteiger partial charge in [-0.05, 0) is 23.8 Å². The highest BCUT2D eigenvalue weighted by atomic mass is 32.1. The number of rotatable bonds is 2. The molecule has 1 saturated heterocycles. The number of methoxy groups -OCH3 is 1. The Balaban J connectivity index is 2.03. The van der Waals surface area contributed by atoms with Crippen molar-refractivity contribution in [2.45, 2.75) is 13.3 Å². The van der Waals surface area contributed by atoms with Gasteiger partial charge in [-0.1, -0.05) is 6.92 Å². The summed E-state index contributed by atoms with van der Waals surface area (Å²) in [7, 11) is 1.33. The van der Waals surface area contributed by atoms with E-state index in [1.54, 1.807) is 16.3 Å². The number of esters is 1. The Morgan fingerprint density at radius 2 is 2.33 bits per heavy atom. The maximum absolute atomic E-state index is 12.0. The van der Waals surface area contributed by atoms with Gasteiger partial charge >= 0.3 is 12.0 Å². The predicted molar refractivity (Wildman–Crippen MR) is 70.0 cm³/mol. The van der Waals surface area contributed by atoms with Gasteiger partial charge in [-0.3, -0.25) is 0 Å². The minimum atomic E-state index is -0.421. The van der Waals surface area contributed by atoms with E-state index in [0.717, 1.165) is 19.5 Å². The van der Waals surface area contributed by atoms with Gasteiger partial charge in [0.15, 0.2) is 0 Å². The normalized spacial score (nSPS) is 18.8. The smallest absolute Gasteiger partial charge is 0.350 e. The number of carbonyl (C=O) groups excluding carboxylic acids is 2. The summed E-state index contributed by atoms with van der Waals surface area (Å²) in [4.78, 5) is 25.7. The first kappa shape index (κ1) is 12.9. The number of thiophene rings is 1. The van der Waals surface area contributed by atoms with Gasteiger partial charge in [0.1, 0.15) is 4.88 Å². The fourth-order valence-electron chi connectivity index (χ4n) is 1.97. The molecule has 0 aromatic carbocycles. The molecule has 5 nitrogen and oxygen atoms in total. The Morgan fingerprint density at radius 1 is 1.56 bits per heavy atom. The van der Waals surface area contributed by atoms with Crippen molar-refractivity contribution in [1.29, 1.82) is 0 Å². The number of anilines is 1. The number of nitrogens with zero attached hydrogens (tertiary/aromatic N) is 1. The molecule has 1 unspecified atom stereocenters. The van der Waals surface area contributed by atoms with E-state index >= 15 is 0 Å². The van der Waals surface area contributed by atoms with Gasteiger partial charge < -0.3 is 15.0 Å². The summed E-state index contributed by atoms with van der Waals surface area (Å²) in [5.41, 5.74) is 0.524. The number of hydrogen-bond acceptors (Lipinski definition) is 4. The van der Waals surface area contributed by atoms with Crippen LogP contribution in [0.2, 0.25) is 0 Å². The number of amides is 2. The molecule has 0 radical (unpaired) electrons. The third-order valence-electron chi connectivity index (χ3n) is 2.99. The molecular formula is C12H16N2O3S. The lowest BCUT2D eigenvalue weighted by Gasteiger charge is -2.16. The molecule has 1 aromatic rings. The van der Waals surface area contributed by atoms with Crippen molar-refractivity contribution >= 4 is 29.0 Å². The largest absolute Gasteiger partial charge is 0.465 e. The molecule has 0 bridgehead atoms. The summed E-state index contributed by atoms with van der Waals surface area (Å²) < 4.78 is 4.67. The van der Waals surface area contributed by atoms with Gasteiger partial charge in [-0.15, -0.1) is 11.3 Å². The fourth-order valence-corrected chi connectivity index (χ4v) is 2.74. The Kier molecular flexibility index (Phi) is 3.86. The second-order valence-corrected chi connectivity index (χ2v) is 5.34. The number of hydrogen-bond donors (Lipinski definition) is 1. The molecule has 1 aliphatic rings. The van der Waals surface area contributed by atoms with E-state index in [-0.39, 0.29) is 6.03 Å². The summed E-state index contributed by atoms with van der Waals surface area (Å²) in [5, 5.41) is 4.52. The molecule has 0 aliphatic carbocycles. The molecule has 98 valence electrons. The zero-order valence-corrected chi connectivity index (χ0v) is 11.3. The van der Waals surface area contributed by atoms with Gasteiger partial charge in [0.2, 0.25) is 0 Å². The molecule has 1 aromatic heterocycles. The van der Waals surface area contributed by atoms with Crippen molar-refractivity contribution in [2.75, 3.05) is 25.5 Å². The molecular weight excluding hydrogens is 252 g/mol. The SMILES string of the molecule is COC(=O)c1sccc1NC(=O)N1CCC(C)C1. The van der Waals surface area contributed by atoms with Crippen LogP contribution in [-0.4, -0.2) is 37.1 Å². The molecule has 0 spiro atoms. The second-order valence-electron chi connectivity index (χ2n) is 4.42. The van der Waals surface area contributed by atoms with Gasteiger partial charge in [0.25, 0.3) is 0 Å². The minimum absolute atomic E-state index is 0.150. The standard InChI is InChI=1S/C12H16N2O3S/c1-8-3-5-14(7-8)12(16)13-9-4-6-18-10(9)11(15)17-2/h4,6,8H,3,5,7H2,1-2H3,(H,13,16). The van der Waals surface area contributed by atoms with Crippen LogP contribution < -0.4 is 5.32 Å². The van der Waals surface area contributed by atoms with Gasteiger partial charge in [-0.25, -0.2) is 9.59 Å². The molecule has 2 amide bonds. The van der Waals surface area contributed by atoms with Crippen LogP contribution in [-0.2, 0) is 4.74 Å². The minimum Gasteiger partial charge on any atom is -0.465 e. The van der Waals surface area contributed by atoms with Crippen molar-refractivity contribution in [3.05, 3.63) is 16.3 Å². The van der Waals surface area contributed by atoms with Gasteiger partial charge in [0, 0.05) is 13.1 Å². The van der Waals surface area contributed by atoms with Crippen molar-refractivity contribution in [1.82, 2.24) is 4.90 Å². The number of nitrogens with one attached hydrogen (secondary N) is 1. The van der Waals surface area contributed by atoms with Crippen LogP contribution in [0.1, 0.15) is 23.0 Å². The van der Waals surface area contributed by atoms with Gasteiger partial charge in [0.05, 0.1) is 12.8 Å². The summed E-state index contributed by atoms with van der Waals surface area (Å²) in [5.74, 6) is 0.119. The average Bonchev–Trinajstić information content (AvgIpc) is 2.97. The molecule has 1 aliphatic heterocycles. The molecule has 0 saturated carbocycles. The summed E-state index contributed by atoms with van der Waals surface area (Å²) in [6.07, 6.45) is 1.03. The molecule has 1 N–H and O–H groups in total. The molecule has 1 atom stereocenters. The number of ether oxygens (including phenoxy) is 1. The molecule has 1 fully saturated rings. The maximum atomic E-state index is 12.0. The predicted octanol–water partition coefficient (Wildman–Crippen LogP) is 2.41. The highest BCUT2D eigenvalue weighted by Gasteiger charge is 2.24. The van der Waals surface area contributed by atoms with E-state index < -0.39 is 5.97 Å². The summed E-state index contributed by atoms with van der Waals surface area (Å²) in [6, 6.07) is 1.57. The quantitative estimate of drug-likeness (QED) is 0.838. The molecule has 2 heterocycles. The van der Waals surface area contributed by atoms with Gasteiger partial charge in [-0.2, -0.15) is 0 Å². The maximum Gasteiger partial charge on any atom is 0.350 e. The zero-order chi connectivity index (χ0) is 13.1. The van der Waals surface area contributed by atoms with Crippen LogP contribution in [0.4, 0.5) is 10.5 Å². The van der Waals surface area contributed by atoms with E-state index in [1.165, 1.54) is 18.4 Å². The van der Waals surface area contributed by atoms with Crippen LogP contribution in [0.15, 0.2) is 11.4 Å². The van der Waals surface area contributed by atoms with E-state index in [1.807, 2.05) is 0 Å². The molecule has 6 heteroatoms. The Bertz CT molecular complexity index is 458. The number of carbonyl (C=O) groups is 2.